The van der Waals surface area contributed by atoms with Gasteiger partial charge in [0.1, 0.15) is 0 Å². The summed E-state index contributed by atoms with van der Waals surface area (Å²) >= 11 is 2.77. The van der Waals surface area contributed by atoms with Gasteiger partial charge in [-0.15, -0.1) is 21.5 Å². The monoisotopic (exact) mass is 838 g/mol. The van der Waals surface area contributed by atoms with Gasteiger partial charge in [0.15, 0.2) is 39.2 Å². The van der Waals surface area contributed by atoms with Crippen molar-refractivity contribution in [2.75, 3.05) is 69.9 Å². The summed E-state index contributed by atoms with van der Waals surface area (Å²) in [5.41, 5.74) is 2.16. The Balaban J connectivity index is 1.29. The van der Waals surface area contributed by atoms with Crippen molar-refractivity contribution >= 4 is 70.9 Å². The van der Waals surface area contributed by atoms with Crippen LogP contribution in [0.1, 0.15) is 58.6 Å². The molecule has 0 saturated carbocycles. The molecule has 0 unspecified atom stereocenters. The molecule has 0 atom stereocenters. The Hall–Kier alpha value is -4.77. The fourth-order valence-electron chi connectivity index (χ4n) is 5.97. The zero-order valence-corrected chi connectivity index (χ0v) is 34.8. The second-order valence-corrected chi connectivity index (χ2v) is 17.7. The number of ether oxygens (including phenoxy) is 1. The number of anilines is 4. The predicted molar refractivity (Wildman–Crippen MR) is 222 cm³/mol. The second kappa shape index (κ2) is 20.1. The summed E-state index contributed by atoms with van der Waals surface area (Å²) in [4.78, 5) is 24.1. The van der Waals surface area contributed by atoms with Crippen LogP contribution >= 0.6 is 22.7 Å². The number of para-hydroxylation sites is 1. The van der Waals surface area contributed by atoms with E-state index in [4.69, 9.17) is 4.74 Å². The largest absolute Gasteiger partial charge is 0.748 e. The first-order valence-electron chi connectivity index (χ1n) is 18.5. The number of thiazole rings is 2. The molecule has 3 heterocycles. The first-order chi connectivity index (χ1) is 27.2. The Morgan fingerprint density at radius 3 is 2.54 bits per heavy atom. The van der Waals surface area contributed by atoms with E-state index < -0.39 is 21.9 Å². The lowest BCUT2D eigenvalue weighted by Gasteiger charge is -2.30. The van der Waals surface area contributed by atoms with E-state index in [9.17, 15) is 27.3 Å². The molecule has 304 valence electrons. The minimum absolute atomic E-state index is 0.0615. The molecule has 14 nitrogen and oxygen atoms in total. The first kappa shape index (κ1) is 43.4. The van der Waals surface area contributed by atoms with E-state index in [1.54, 1.807) is 13.1 Å². The van der Waals surface area contributed by atoms with Crippen molar-refractivity contribution in [2.45, 2.75) is 45.4 Å². The van der Waals surface area contributed by atoms with Gasteiger partial charge in [0.2, 0.25) is 0 Å². The van der Waals surface area contributed by atoms with Crippen LogP contribution in [0.15, 0.2) is 48.5 Å². The van der Waals surface area contributed by atoms with E-state index in [0.29, 0.717) is 75.7 Å². The summed E-state index contributed by atoms with van der Waals surface area (Å²) in [6.45, 7) is 4.39. The smallest absolute Gasteiger partial charge is 0.355 e. The number of carboxylic acid groups (broad SMARTS) is 1. The van der Waals surface area contributed by atoms with Crippen LogP contribution < -0.4 is 20.3 Å². The lowest BCUT2D eigenvalue weighted by atomic mass is 10.2. The molecule has 0 fully saturated rings. The van der Waals surface area contributed by atoms with E-state index in [0.717, 1.165) is 41.6 Å². The van der Waals surface area contributed by atoms with E-state index in [1.807, 2.05) is 56.3 Å². The second-order valence-electron chi connectivity index (χ2n) is 14.1. The number of fused-ring (bicyclic) bond motifs is 1. The number of unbranched alkanes of at least 4 members (excludes halogenated alkanes) is 2. The predicted octanol–water partition coefficient (Wildman–Crippen LogP) is 6.33. The maximum Gasteiger partial charge on any atom is 0.355 e. The van der Waals surface area contributed by atoms with Gasteiger partial charge in [0.05, 0.1) is 60.7 Å². The van der Waals surface area contributed by atoms with Crippen molar-refractivity contribution < 1.29 is 36.5 Å². The summed E-state index contributed by atoms with van der Waals surface area (Å²) in [7, 11) is 1.55. The number of quaternary nitrogens is 1. The van der Waals surface area contributed by atoms with E-state index in [2.05, 4.69) is 42.6 Å². The number of hydrogen-bond acceptors (Lipinski definition) is 14. The molecule has 0 spiro atoms. The van der Waals surface area contributed by atoms with Crippen molar-refractivity contribution in [3.63, 3.8) is 0 Å². The van der Waals surface area contributed by atoms with Crippen LogP contribution in [-0.2, 0) is 16.5 Å². The number of carboxylic acids is 1. The SMILES string of the molecule is CNCC#Cc1ccc(OCCCc2sc(N(CCCCC[N+](C)(C)CCCS(=O)(=O)[O-])c3cc(C)c(Nc4nc5ccccc5s4)nn3)nc2C(=O)O)c(F)c1. The van der Waals surface area contributed by atoms with Crippen LogP contribution in [0.4, 0.5) is 26.3 Å². The molecule has 5 aromatic rings. The highest BCUT2D eigenvalue weighted by atomic mass is 32.2. The van der Waals surface area contributed by atoms with Gasteiger partial charge in [0.25, 0.3) is 0 Å². The third-order valence-electron chi connectivity index (χ3n) is 8.93. The number of rotatable bonds is 21. The molecule has 0 aliphatic rings. The number of benzene rings is 2. The van der Waals surface area contributed by atoms with Gasteiger partial charge in [-0.25, -0.2) is 27.6 Å². The van der Waals surface area contributed by atoms with Crippen LogP contribution in [0.5, 0.6) is 5.75 Å². The molecule has 2 aromatic carbocycles. The molecule has 0 saturated heterocycles. The van der Waals surface area contributed by atoms with Gasteiger partial charge >= 0.3 is 5.97 Å². The van der Waals surface area contributed by atoms with Crippen LogP contribution in [0.25, 0.3) is 10.2 Å². The Labute approximate surface area is 340 Å². The lowest BCUT2D eigenvalue weighted by Crippen LogP contribution is -2.41. The summed E-state index contributed by atoms with van der Waals surface area (Å²) in [5.74, 6) is 4.86. The number of nitrogens with one attached hydrogen (secondary N) is 2. The highest BCUT2D eigenvalue weighted by molar-refractivity contribution is 7.85. The minimum Gasteiger partial charge on any atom is -0.748 e. The molecule has 18 heteroatoms. The molecule has 3 aromatic heterocycles. The highest BCUT2D eigenvalue weighted by Crippen LogP contribution is 2.34. The van der Waals surface area contributed by atoms with E-state index >= 15 is 0 Å². The van der Waals surface area contributed by atoms with Gasteiger partial charge < -0.3 is 34.4 Å². The van der Waals surface area contributed by atoms with Crippen LogP contribution in [-0.4, -0.2) is 108 Å². The molecular weight excluding hydrogens is 792 g/mol. The normalized spacial score (nSPS) is 11.7. The zero-order valence-electron chi connectivity index (χ0n) is 32.4. The van der Waals surface area contributed by atoms with Crippen molar-refractivity contribution in [3.8, 4) is 17.6 Å². The van der Waals surface area contributed by atoms with E-state index in [-0.39, 0.29) is 23.8 Å². The average molecular weight is 839 g/mol. The Bertz CT molecular complexity index is 2290. The van der Waals surface area contributed by atoms with Gasteiger partial charge in [0, 0.05) is 29.2 Å². The van der Waals surface area contributed by atoms with Crippen LogP contribution in [0.2, 0.25) is 0 Å². The number of hydrogen-bond donors (Lipinski definition) is 3. The fourth-order valence-corrected chi connectivity index (χ4v) is 8.44. The number of nitrogens with zero attached hydrogens (tertiary/aromatic N) is 6. The number of carbonyl (C=O) groups is 1. The highest BCUT2D eigenvalue weighted by Gasteiger charge is 2.24. The van der Waals surface area contributed by atoms with Crippen LogP contribution in [0, 0.1) is 24.6 Å². The lowest BCUT2D eigenvalue weighted by molar-refractivity contribution is -0.890. The molecule has 0 aliphatic carbocycles. The number of halogens is 1. The summed E-state index contributed by atoms with van der Waals surface area (Å²) in [6, 6.07) is 14.3. The van der Waals surface area contributed by atoms with Crippen molar-refractivity contribution in [1.82, 2.24) is 25.5 Å². The van der Waals surface area contributed by atoms with Crippen LogP contribution in [0.3, 0.4) is 0 Å². The van der Waals surface area contributed by atoms with E-state index in [1.165, 1.54) is 34.8 Å². The van der Waals surface area contributed by atoms with Gasteiger partial charge in [-0.05, 0) is 88.0 Å². The fraction of sp³-hybridized carbons (Fsp3) is 0.410. The summed E-state index contributed by atoms with van der Waals surface area (Å²) in [5, 5.41) is 26.5. The number of aromatic carboxylic acids is 1. The Kier molecular flexibility index (Phi) is 15.3. The zero-order chi connectivity index (χ0) is 41.0. The van der Waals surface area contributed by atoms with Gasteiger partial charge in [-0.1, -0.05) is 35.3 Å². The Morgan fingerprint density at radius 1 is 1.04 bits per heavy atom. The molecule has 0 radical (unpaired) electrons. The first-order valence-corrected chi connectivity index (χ1v) is 21.7. The average Bonchev–Trinajstić information content (AvgIpc) is 3.77. The molecule has 0 amide bonds. The maximum atomic E-state index is 14.7. The van der Waals surface area contributed by atoms with Crippen molar-refractivity contribution in [3.05, 3.63) is 76.0 Å². The number of aryl methyl sites for hydroxylation is 2. The Morgan fingerprint density at radius 2 is 1.82 bits per heavy atom. The molecule has 5 rings (SSSR count). The van der Waals surface area contributed by atoms with Crippen molar-refractivity contribution in [2.24, 2.45) is 0 Å². The van der Waals surface area contributed by atoms with Crippen molar-refractivity contribution in [1.29, 1.82) is 0 Å². The standard InChI is InChI=1S/C39H47FN8O6S3/c1-27-25-34(45-46-36(27)44-38-42-30-14-6-7-15-32(30)55-38)47(20-8-5-9-21-48(3,4)22-12-24-57(51,52)53)39-43-35(37(49)50)33(56-39)16-11-23-54-31-18-17-28(26-29(31)40)13-10-19-41-2/h6-7,14-15,17-18,25-26,41H,5,8-9,11-12,16,19-24H2,1-4H3,(H2-,42,44,46,49,50,51,52,53). The molecule has 0 aliphatic heterocycles. The maximum absolute atomic E-state index is 14.7. The quantitative estimate of drug-likeness (QED) is 0.0323. The topological polar surface area (TPSA) is 183 Å². The molecule has 0 bridgehead atoms. The van der Waals surface area contributed by atoms with Gasteiger partial charge in [-0.2, -0.15) is 0 Å². The molecule has 57 heavy (non-hydrogen) atoms. The number of aromatic nitrogens is 4. The van der Waals surface area contributed by atoms with Gasteiger partial charge in [-0.3, -0.25) is 0 Å². The molecule has 3 N–H and O–H groups in total. The third kappa shape index (κ3) is 13.1. The summed E-state index contributed by atoms with van der Waals surface area (Å²) < 4.78 is 55.2. The third-order valence-corrected chi connectivity index (χ3v) is 11.8. The summed E-state index contributed by atoms with van der Waals surface area (Å²) in [6.07, 6.45) is 3.46. The minimum atomic E-state index is -4.25. The molecular formula is C39H47FN8O6S3.